The van der Waals surface area contributed by atoms with Gasteiger partial charge in [-0.25, -0.2) is 0 Å². The zero-order valence-electron chi connectivity index (χ0n) is 39.9. The van der Waals surface area contributed by atoms with Gasteiger partial charge in [0.25, 0.3) is 0 Å². The molecule has 9 unspecified atom stereocenters. The smallest absolute Gasteiger partial charge is 0.0456 e. The van der Waals surface area contributed by atoms with E-state index in [-0.39, 0.29) is 0 Å². The van der Waals surface area contributed by atoms with Crippen molar-refractivity contribution in [1.29, 1.82) is 0 Å². The van der Waals surface area contributed by atoms with Crippen LogP contribution in [0.3, 0.4) is 0 Å². The van der Waals surface area contributed by atoms with Gasteiger partial charge in [0.2, 0.25) is 0 Å². The van der Waals surface area contributed by atoms with E-state index in [1.165, 1.54) is 140 Å². The summed E-state index contributed by atoms with van der Waals surface area (Å²) in [6.07, 6.45) is 34.2. The van der Waals surface area contributed by atoms with Crippen LogP contribution in [0.2, 0.25) is 0 Å². The van der Waals surface area contributed by atoms with Gasteiger partial charge < -0.3 is 15.0 Å². The first kappa shape index (κ1) is 44.2. The molecule has 15 rings (SSSR count). The third kappa shape index (κ3) is 9.38. The third-order valence-corrected chi connectivity index (χ3v) is 17.4. The lowest BCUT2D eigenvalue weighted by Crippen LogP contribution is -2.53. The average Bonchev–Trinajstić information content (AvgIpc) is 4.11. The van der Waals surface area contributed by atoms with Crippen LogP contribution in [-0.2, 0) is 19.3 Å². The van der Waals surface area contributed by atoms with Gasteiger partial charge in [0.05, 0.1) is 0 Å². The van der Waals surface area contributed by atoms with Crippen molar-refractivity contribution in [2.45, 2.75) is 110 Å². The van der Waals surface area contributed by atoms with Crippen molar-refractivity contribution in [3.8, 4) is 0 Å². The Morgan fingerprint density at radius 1 is 0.508 bits per heavy atom. The van der Waals surface area contributed by atoms with Crippen molar-refractivity contribution >= 4 is 32.7 Å². The van der Waals surface area contributed by atoms with E-state index < -0.39 is 0 Å². The van der Waals surface area contributed by atoms with Gasteiger partial charge in [-0.1, -0.05) is 138 Å². The molecule has 6 aliphatic heterocycles. The van der Waals surface area contributed by atoms with Gasteiger partial charge >= 0.3 is 0 Å². The van der Waals surface area contributed by atoms with Crippen molar-refractivity contribution < 1.29 is 0 Å². The van der Waals surface area contributed by atoms with Gasteiger partial charge in [-0.3, -0.25) is 14.7 Å². The lowest BCUT2D eigenvalue weighted by atomic mass is 9.64. The summed E-state index contributed by atoms with van der Waals surface area (Å²) < 4.78 is 0. The summed E-state index contributed by atoms with van der Waals surface area (Å²) in [5, 5.41) is 4.17. The fourth-order valence-corrected chi connectivity index (χ4v) is 13.0. The molecule has 0 saturated carbocycles. The molecule has 3 N–H and O–H groups in total. The number of aryl methyl sites for hydroxylation is 1. The molecule has 3 aliphatic carbocycles. The Bertz CT molecular complexity index is 2590. The Kier molecular flexibility index (Phi) is 13.4. The fraction of sp³-hybridized carbons (Fsp3) is 0.492. The number of aromatic nitrogens is 3. The minimum Gasteiger partial charge on any atom is -0.361 e. The number of aromatic amines is 3. The molecule has 9 heterocycles. The number of hydrogen-bond acceptors (Lipinski definition) is 3. The second-order valence-corrected chi connectivity index (χ2v) is 21.0. The standard InChI is InChI=1S/2C20H26N2.C19H24N2/c1-3-20(2)12-17-9-8-16(20)14-22(17)11-10-15-13-21-19-7-5-4-6-18(15)19;1-2-15-12-18-10-9-17(15)14-22(18)11-5-6-16-13-21-20-8-4-3-7-19(16)20;1-2-14-11-17-8-7-16(14)13-21(17)10-9-15-12-20-19-6-4-3-5-18(15)19/h4-9,13,16-17,21H,3,10-12,14H2,1-2H3;3-4,7-10,13,15,17-18,21H,2,5-6,11-12,14H2,1H3;3-8,12,14,16-17,20H,2,9-11,13H2,1H3. The fourth-order valence-electron chi connectivity index (χ4n) is 13.0. The van der Waals surface area contributed by atoms with Crippen LogP contribution >= 0.6 is 0 Å². The Labute approximate surface area is 389 Å². The number of nitrogens with one attached hydrogen (secondary N) is 3. The maximum atomic E-state index is 3.40. The first-order valence-corrected chi connectivity index (χ1v) is 25.8. The number of para-hydroxylation sites is 3. The Morgan fingerprint density at radius 3 is 1.38 bits per heavy atom. The molecular weight excluding hydrogens is 793 g/mol. The van der Waals surface area contributed by atoms with Crippen molar-refractivity contribution in [2.24, 2.45) is 35.0 Å². The van der Waals surface area contributed by atoms with E-state index in [0.29, 0.717) is 23.5 Å². The van der Waals surface area contributed by atoms with Crippen LogP contribution in [0, 0.1) is 35.0 Å². The lowest BCUT2D eigenvalue weighted by molar-refractivity contribution is 0.0263. The van der Waals surface area contributed by atoms with Crippen molar-refractivity contribution in [1.82, 2.24) is 29.7 Å². The quantitative estimate of drug-likeness (QED) is 0.101. The predicted molar refractivity (Wildman–Crippen MR) is 274 cm³/mol. The Balaban J connectivity index is 0.000000115. The molecule has 9 aliphatic rings. The summed E-state index contributed by atoms with van der Waals surface area (Å²) in [4.78, 5) is 18.3. The molecule has 6 nitrogen and oxygen atoms in total. The lowest BCUT2D eigenvalue weighted by Gasteiger charge is -2.52. The molecule has 0 radical (unpaired) electrons. The van der Waals surface area contributed by atoms with E-state index in [2.05, 4.69) is 185 Å². The van der Waals surface area contributed by atoms with Crippen LogP contribution in [-0.4, -0.2) is 87.0 Å². The Morgan fingerprint density at radius 2 is 0.954 bits per heavy atom. The molecule has 0 spiro atoms. The van der Waals surface area contributed by atoms with Gasteiger partial charge in [-0.15, -0.1) is 0 Å². The second-order valence-electron chi connectivity index (χ2n) is 21.0. The number of fused-ring (bicyclic) bond motifs is 9. The largest absolute Gasteiger partial charge is 0.361 e. The predicted octanol–water partition coefficient (Wildman–Crippen LogP) is 12.8. The topological polar surface area (TPSA) is 57.1 Å². The van der Waals surface area contributed by atoms with Crippen molar-refractivity contribution in [3.05, 3.63) is 145 Å². The minimum absolute atomic E-state index is 0.525. The number of hydrogen-bond donors (Lipinski definition) is 3. The van der Waals surface area contributed by atoms with Crippen LogP contribution in [0.1, 0.15) is 89.3 Å². The molecule has 3 aromatic heterocycles. The highest BCUT2D eigenvalue weighted by Gasteiger charge is 2.43. The first-order valence-electron chi connectivity index (χ1n) is 25.8. The number of nitrogens with zero attached hydrogens (tertiary/aromatic N) is 3. The molecule has 3 aromatic carbocycles. The van der Waals surface area contributed by atoms with Crippen LogP contribution < -0.4 is 0 Å². The molecule has 3 saturated heterocycles. The number of benzene rings is 3. The summed E-state index contributed by atoms with van der Waals surface area (Å²) in [5.41, 5.74) is 8.71. The Hall–Kier alpha value is -4.62. The van der Waals surface area contributed by atoms with Gasteiger partial charge in [0.15, 0.2) is 0 Å². The van der Waals surface area contributed by atoms with Gasteiger partial charge in [-0.05, 0) is 121 Å². The number of rotatable bonds is 13. The third-order valence-electron chi connectivity index (χ3n) is 17.4. The van der Waals surface area contributed by atoms with Gasteiger partial charge in [-0.2, -0.15) is 0 Å². The van der Waals surface area contributed by atoms with E-state index in [9.17, 15) is 0 Å². The van der Waals surface area contributed by atoms with E-state index in [0.717, 1.165) is 42.4 Å². The normalized spacial score (nSPS) is 29.2. The summed E-state index contributed by atoms with van der Waals surface area (Å²) >= 11 is 0. The monoisotopic (exact) mass is 869 g/mol. The van der Waals surface area contributed by atoms with E-state index in [4.69, 9.17) is 0 Å². The highest BCUT2D eigenvalue weighted by atomic mass is 15.2. The molecule has 342 valence electrons. The minimum atomic E-state index is 0.525. The summed E-state index contributed by atoms with van der Waals surface area (Å²) in [7, 11) is 0. The zero-order valence-corrected chi connectivity index (χ0v) is 39.9. The van der Waals surface area contributed by atoms with Crippen LogP contribution in [0.4, 0.5) is 0 Å². The molecule has 6 bridgehead atoms. The van der Waals surface area contributed by atoms with Crippen LogP contribution in [0.25, 0.3) is 32.7 Å². The van der Waals surface area contributed by atoms with E-state index in [1.54, 1.807) is 0 Å². The maximum absolute atomic E-state index is 3.40. The van der Waals surface area contributed by atoms with Crippen molar-refractivity contribution in [2.75, 3.05) is 39.3 Å². The maximum Gasteiger partial charge on any atom is 0.0456 e. The zero-order chi connectivity index (χ0) is 44.3. The first-order chi connectivity index (χ1) is 31.9. The molecule has 65 heavy (non-hydrogen) atoms. The van der Waals surface area contributed by atoms with Gasteiger partial charge in [0, 0.05) is 102 Å². The SMILES string of the molecule is CCC1(C)CC2C=CC1CN2CCc1c[nH]c2ccccc12.CCC1CC2C=CC1CN2CCCc1c[nH]c2ccccc12.CCC1CC2C=CC1CN2CCc1c[nH]c2ccccc12. The summed E-state index contributed by atoms with van der Waals surface area (Å²) in [6.45, 7) is 16.9. The molecule has 0 amide bonds. The summed E-state index contributed by atoms with van der Waals surface area (Å²) in [6, 6.07) is 27.9. The van der Waals surface area contributed by atoms with E-state index in [1.807, 2.05) is 0 Å². The average molecular weight is 869 g/mol. The summed E-state index contributed by atoms with van der Waals surface area (Å²) in [5.74, 6) is 4.20. The molecule has 6 aromatic rings. The molecule has 6 heteroatoms. The highest BCUT2D eigenvalue weighted by molar-refractivity contribution is 5.84. The van der Waals surface area contributed by atoms with Crippen LogP contribution in [0.15, 0.2) is 128 Å². The highest BCUT2D eigenvalue weighted by Crippen LogP contribution is 2.46. The number of H-pyrrole nitrogens is 3. The van der Waals surface area contributed by atoms with Gasteiger partial charge in [0.1, 0.15) is 0 Å². The molecular formula is C59H76N6. The van der Waals surface area contributed by atoms with Crippen molar-refractivity contribution in [3.63, 3.8) is 0 Å². The van der Waals surface area contributed by atoms with Crippen LogP contribution in [0.5, 0.6) is 0 Å². The second kappa shape index (κ2) is 19.7. The number of piperidine rings is 3. The molecule has 9 atom stereocenters. The molecule has 3 fully saturated rings. The van der Waals surface area contributed by atoms with E-state index >= 15 is 0 Å².